The van der Waals surface area contributed by atoms with E-state index < -0.39 is 17.0 Å². The summed E-state index contributed by atoms with van der Waals surface area (Å²) >= 11 is 0. The fourth-order valence-electron chi connectivity index (χ4n) is 1.93. The molecule has 0 fully saturated rings. The van der Waals surface area contributed by atoms with Crippen molar-refractivity contribution in [2.24, 2.45) is 7.05 Å². The lowest BCUT2D eigenvalue weighted by atomic mass is 10.3. The van der Waals surface area contributed by atoms with E-state index in [4.69, 9.17) is 4.74 Å². The number of hydrogen-bond acceptors (Lipinski definition) is 6. The second-order valence-corrected chi connectivity index (χ2v) is 5.25. The second-order valence-electron chi connectivity index (χ2n) is 5.25. The summed E-state index contributed by atoms with van der Waals surface area (Å²) in [5, 5.41) is 3.95. The Kier molecular flexibility index (Phi) is 4.98. The quantitative estimate of drug-likeness (QED) is 0.575. The minimum Gasteiger partial charge on any atom is -0.497 e. The normalized spacial score (nSPS) is 10.8. The minimum absolute atomic E-state index is 0.335. The van der Waals surface area contributed by atoms with Crippen LogP contribution in [0.5, 0.6) is 5.75 Å². The molecule has 0 aliphatic carbocycles. The number of aromatic nitrogens is 3. The molecule has 0 amide bonds. The predicted molar refractivity (Wildman–Crippen MR) is 88.8 cm³/mol. The van der Waals surface area contributed by atoms with Gasteiger partial charge in [0.15, 0.2) is 5.69 Å². The number of ether oxygens (including phenoxy) is 1. The molecule has 2 rings (SSSR count). The van der Waals surface area contributed by atoms with Crippen molar-refractivity contribution in [3.05, 3.63) is 63.1 Å². The molecule has 1 aromatic heterocycles. The van der Waals surface area contributed by atoms with Crippen molar-refractivity contribution in [2.45, 2.75) is 0 Å². The Morgan fingerprint density at radius 1 is 1.29 bits per heavy atom. The van der Waals surface area contributed by atoms with Crippen LogP contribution in [-0.2, 0) is 7.05 Å². The lowest BCUT2D eigenvalue weighted by Crippen LogP contribution is -2.42. The first-order chi connectivity index (χ1) is 11.3. The zero-order valence-corrected chi connectivity index (χ0v) is 13.9. The molecule has 2 aromatic rings. The summed E-state index contributed by atoms with van der Waals surface area (Å²) in [7, 11) is 6.28. The van der Waals surface area contributed by atoms with Crippen molar-refractivity contribution < 1.29 is 9.53 Å². The first-order valence-electron chi connectivity index (χ1n) is 7.09. The molecule has 0 saturated carbocycles. The van der Waals surface area contributed by atoms with Crippen molar-refractivity contribution in [1.29, 1.82) is 0 Å². The van der Waals surface area contributed by atoms with E-state index in [0.717, 1.165) is 9.25 Å². The molecule has 0 aliphatic rings. The number of ketones is 1. The smallest absolute Gasteiger partial charge is 0.351 e. The zero-order chi connectivity index (χ0) is 17.9. The molecule has 0 radical (unpaired) electrons. The highest BCUT2D eigenvalue weighted by Crippen LogP contribution is 2.14. The molecular weight excluding hydrogens is 312 g/mol. The average molecular weight is 330 g/mol. The summed E-state index contributed by atoms with van der Waals surface area (Å²) in [5.74, 6) is -0.0589. The number of methoxy groups -OCH3 is 1. The lowest BCUT2D eigenvalue weighted by molar-refractivity contribution is 0.103. The van der Waals surface area contributed by atoms with Crippen LogP contribution in [0.25, 0.3) is 5.69 Å². The molecule has 126 valence electrons. The summed E-state index contributed by atoms with van der Waals surface area (Å²) < 4.78 is 6.97. The Morgan fingerprint density at radius 2 is 2.00 bits per heavy atom. The fraction of sp³-hybridized carbons (Fsp3) is 0.250. The SMILES string of the molecule is COc1cccc(-n2nc(C(=O)C=CN(C)C)c(=O)n(C)c2=O)c1. The molecule has 1 aromatic carbocycles. The molecule has 8 heteroatoms. The van der Waals surface area contributed by atoms with E-state index in [9.17, 15) is 14.4 Å². The monoisotopic (exact) mass is 330 g/mol. The molecule has 0 aliphatic heterocycles. The van der Waals surface area contributed by atoms with E-state index >= 15 is 0 Å². The van der Waals surface area contributed by atoms with Gasteiger partial charge >= 0.3 is 5.69 Å². The Labute approximate surface area is 138 Å². The molecule has 0 saturated heterocycles. The molecule has 0 atom stereocenters. The highest BCUT2D eigenvalue weighted by atomic mass is 16.5. The molecule has 0 bridgehead atoms. The van der Waals surface area contributed by atoms with Gasteiger partial charge in [0.2, 0.25) is 5.78 Å². The highest BCUT2D eigenvalue weighted by Gasteiger charge is 2.17. The van der Waals surface area contributed by atoms with E-state index in [1.807, 2.05) is 0 Å². The van der Waals surface area contributed by atoms with Gasteiger partial charge in [-0.3, -0.25) is 14.2 Å². The Morgan fingerprint density at radius 3 is 2.62 bits per heavy atom. The van der Waals surface area contributed by atoms with Crippen LogP contribution in [0.4, 0.5) is 0 Å². The third kappa shape index (κ3) is 3.43. The second kappa shape index (κ2) is 6.95. The fourth-order valence-corrected chi connectivity index (χ4v) is 1.93. The van der Waals surface area contributed by atoms with Gasteiger partial charge in [-0.1, -0.05) is 6.07 Å². The maximum atomic E-state index is 12.3. The van der Waals surface area contributed by atoms with Crippen LogP contribution in [-0.4, -0.2) is 46.2 Å². The number of carbonyl (C=O) groups excluding carboxylic acids is 1. The average Bonchev–Trinajstić information content (AvgIpc) is 2.58. The number of hydrogen-bond donors (Lipinski definition) is 0. The highest BCUT2D eigenvalue weighted by molar-refractivity contribution is 6.02. The standard InChI is InChI=1S/C16H18N4O4/c1-18(2)9-8-13(21)14-15(22)19(3)16(23)20(17-14)11-6-5-7-12(10-11)24-4/h5-10H,1-4H3. The number of rotatable bonds is 5. The number of nitrogens with zero attached hydrogens (tertiary/aromatic N) is 4. The summed E-state index contributed by atoms with van der Waals surface area (Å²) in [6, 6.07) is 6.61. The van der Waals surface area contributed by atoms with Crippen LogP contribution in [0.1, 0.15) is 10.5 Å². The van der Waals surface area contributed by atoms with Gasteiger partial charge in [0, 0.05) is 39.5 Å². The van der Waals surface area contributed by atoms with E-state index in [1.165, 1.54) is 26.4 Å². The first kappa shape index (κ1) is 17.2. The number of allylic oxidation sites excluding steroid dienone is 1. The predicted octanol–water partition coefficient (Wildman–Crippen LogP) is 0.198. The van der Waals surface area contributed by atoms with E-state index in [2.05, 4.69) is 5.10 Å². The summed E-state index contributed by atoms with van der Waals surface area (Å²) in [5.41, 5.74) is -1.34. The van der Waals surface area contributed by atoms with Crippen LogP contribution in [0, 0.1) is 0 Å². The summed E-state index contributed by atoms with van der Waals surface area (Å²) in [6.07, 6.45) is 2.73. The molecule has 0 spiro atoms. The van der Waals surface area contributed by atoms with Gasteiger partial charge in [-0.25, -0.2) is 4.79 Å². The van der Waals surface area contributed by atoms with E-state index in [-0.39, 0.29) is 5.69 Å². The van der Waals surface area contributed by atoms with Gasteiger partial charge in [-0.05, 0) is 12.1 Å². The van der Waals surface area contributed by atoms with Crippen LogP contribution in [0.15, 0.2) is 46.1 Å². The largest absolute Gasteiger partial charge is 0.497 e. The Bertz CT molecular complexity index is 909. The van der Waals surface area contributed by atoms with Gasteiger partial charge in [-0.2, -0.15) is 9.78 Å². The lowest BCUT2D eigenvalue weighted by Gasteiger charge is -2.09. The van der Waals surface area contributed by atoms with E-state index in [1.54, 1.807) is 43.3 Å². The van der Waals surface area contributed by atoms with Crippen LogP contribution >= 0.6 is 0 Å². The van der Waals surface area contributed by atoms with Crippen molar-refractivity contribution in [3.63, 3.8) is 0 Å². The third-order valence-corrected chi connectivity index (χ3v) is 3.23. The van der Waals surface area contributed by atoms with E-state index in [0.29, 0.717) is 11.4 Å². The Hall–Kier alpha value is -3.16. The minimum atomic E-state index is -0.743. The summed E-state index contributed by atoms with van der Waals surface area (Å²) in [6.45, 7) is 0. The van der Waals surface area contributed by atoms with Crippen LogP contribution < -0.4 is 16.0 Å². The van der Waals surface area contributed by atoms with Crippen molar-refractivity contribution in [2.75, 3.05) is 21.2 Å². The molecule has 24 heavy (non-hydrogen) atoms. The van der Waals surface area contributed by atoms with Gasteiger partial charge in [0.05, 0.1) is 12.8 Å². The van der Waals surface area contributed by atoms with Gasteiger partial charge < -0.3 is 9.64 Å². The molecular formula is C16H18N4O4. The molecule has 8 nitrogen and oxygen atoms in total. The third-order valence-electron chi connectivity index (χ3n) is 3.23. The van der Waals surface area contributed by atoms with Gasteiger partial charge in [0.25, 0.3) is 5.56 Å². The topological polar surface area (TPSA) is 86.4 Å². The Balaban J connectivity index is 2.64. The molecule has 0 unspecified atom stereocenters. The van der Waals surface area contributed by atoms with Crippen molar-refractivity contribution >= 4 is 5.78 Å². The maximum absolute atomic E-state index is 12.3. The van der Waals surface area contributed by atoms with Crippen molar-refractivity contribution in [3.8, 4) is 11.4 Å². The molecule has 1 heterocycles. The zero-order valence-electron chi connectivity index (χ0n) is 13.9. The first-order valence-corrected chi connectivity index (χ1v) is 7.09. The van der Waals surface area contributed by atoms with Gasteiger partial charge in [0.1, 0.15) is 5.75 Å². The number of benzene rings is 1. The molecule has 0 N–H and O–H groups in total. The van der Waals surface area contributed by atoms with Crippen LogP contribution in [0.3, 0.4) is 0 Å². The van der Waals surface area contributed by atoms with Gasteiger partial charge in [-0.15, -0.1) is 0 Å². The van der Waals surface area contributed by atoms with Crippen molar-refractivity contribution in [1.82, 2.24) is 19.2 Å². The number of carbonyl (C=O) groups is 1. The summed E-state index contributed by atoms with van der Waals surface area (Å²) in [4.78, 5) is 38.4. The maximum Gasteiger partial charge on any atom is 0.351 e. The van der Waals surface area contributed by atoms with Crippen LogP contribution in [0.2, 0.25) is 0 Å².